The van der Waals surface area contributed by atoms with Gasteiger partial charge >= 0.3 is 0 Å². The Balaban J connectivity index is 0.771. The summed E-state index contributed by atoms with van der Waals surface area (Å²) in [5, 5.41) is 12.3. The van der Waals surface area contributed by atoms with Crippen molar-refractivity contribution in [1.82, 2.24) is 9.38 Å². The summed E-state index contributed by atoms with van der Waals surface area (Å²) in [5.74, 6) is 0. The van der Waals surface area contributed by atoms with Crippen LogP contribution in [0.25, 0.3) is 136 Å². The molecule has 3 heteroatoms. The van der Waals surface area contributed by atoms with Crippen LogP contribution in [0.4, 0.5) is 0 Å². The normalized spacial score (nSPS) is 12.9. The maximum atomic E-state index is 5.61. The fraction of sp³-hybridized carbons (Fsp3) is 0.0132. The number of fused-ring (bicyclic) bond motifs is 16. The van der Waals surface area contributed by atoms with Crippen LogP contribution < -0.4 is 0 Å². The zero-order chi connectivity index (χ0) is 51.8. The number of aromatic nitrogens is 2. The van der Waals surface area contributed by atoms with E-state index in [2.05, 4.69) is 283 Å². The van der Waals surface area contributed by atoms with Gasteiger partial charge < -0.3 is 0 Å². The van der Waals surface area contributed by atoms with Gasteiger partial charge in [0.2, 0.25) is 0 Å². The summed E-state index contributed by atoms with van der Waals surface area (Å²) in [6.07, 6.45) is 0. The van der Waals surface area contributed by atoms with Crippen LogP contribution in [0.2, 0.25) is 0 Å². The first-order chi connectivity index (χ1) is 39.2. The van der Waals surface area contributed by atoms with Crippen LogP contribution in [-0.4, -0.2) is 9.38 Å². The maximum absolute atomic E-state index is 5.61. The molecule has 1 aliphatic carbocycles. The number of pyridine rings is 1. The predicted octanol–water partition coefficient (Wildman–Crippen LogP) is 20.5. The molecule has 0 atom stereocenters. The number of hydrogen-bond donors (Lipinski definition) is 0. The molecule has 17 rings (SSSR count). The monoisotopic (exact) mass is 1020 g/mol. The summed E-state index contributed by atoms with van der Waals surface area (Å²) < 4.78 is 4.93. The third-order valence-corrected chi connectivity index (χ3v) is 18.5. The van der Waals surface area contributed by atoms with E-state index in [1.807, 2.05) is 11.3 Å². The minimum Gasteiger partial charge on any atom is -0.291 e. The van der Waals surface area contributed by atoms with Gasteiger partial charge in [-0.1, -0.05) is 255 Å². The van der Waals surface area contributed by atoms with E-state index in [9.17, 15) is 0 Å². The lowest BCUT2D eigenvalue weighted by molar-refractivity contribution is 0.768. The van der Waals surface area contributed by atoms with Gasteiger partial charge in [-0.05, 0) is 134 Å². The van der Waals surface area contributed by atoms with Crippen LogP contribution in [0.3, 0.4) is 0 Å². The molecule has 0 saturated heterocycles. The van der Waals surface area contributed by atoms with Crippen LogP contribution in [0.1, 0.15) is 22.3 Å². The Morgan fingerprint density at radius 2 is 0.861 bits per heavy atom. The van der Waals surface area contributed by atoms with Crippen molar-refractivity contribution in [3.63, 3.8) is 0 Å². The van der Waals surface area contributed by atoms with Gasteiger partial charge in [-0.15, -0.1) is 11.3 Å². The highest BCUT2D eigenvalue weighted by Crippen LogP contribution is 2.58. The average Bonchev–Trinajstić information content (AvgIpc) is 3.23. The number of thiophene rings is 1. The zero-order valence-electron chi connectivity index (χ0n) is 42.9. The van der Waals surface area contributed by atoms with Crippen molar-refractivity contribution < 1.29 is 0 Å². The average molecular weight is 1020 g/mol. The molecule has 0 aliphatic heterocycles. The number of nitrogens with zero attached hydrogens (tertiary/aromatic N) is 2. The summed E-state index contributed by atoms with van der Waals surface area (Å²) in [7, 11) is 0. The van der Waals surface area contributed by atoms with E-state index in [4.69, 9.17) is 4.98 Å². The number of hydrogen-bond acceptors (Lipinski definition) is 2. The van der Waals surface area contributed by atoms with Crippen LogP contribution in [-0.2, 0) is 5.41 Å². The fourth-order valence-electron chi connectivity index (χ4n) is 13.7. The highest BCUT2D eigenvalue weighted by Gasteiger charge is 2.46. The first-order valence-corrected chi connectivity index (χ1v) is 28.1. The quantitative estimate of drug-likeness (QED) is 0.152. The second-order valence-electron chi connectivity index (χ2n) is 21.3. The minimum atomic E-state index is -0.442. The Hall–Kier alpha value is -9.93. The highest BCUT2D eigenvalue weighted by atomic mass is 32.1. The van der Waals surface area contributed by atoms with Gasteiger partial charge in [-0.2, -0.15) is 0 Å². The molecule has 3 aromatic heterocycles. The molecule has 0 unspecified atom stereocenters. The van der Waals surface area contributed by atoms with E-state index in [1.165, 1.54) is 130 Å². The molecule has 1 aliphatic rings. The standard InChI is InChI=1S/C76H46N2S/c1-3-19-55(20-4-1)76(56-21-5-2-6-22-56)67-28-14-13-26-64(67)71-59(27-15-29-68(71)76)50-32-30-48(31-33-50)57-41-42-58(62-25-12-11-24-61(57)62)49-34-36-51(37-35-49)70-46-66-63-40-38-47-16-9-10-23-60(47)73(63)79-74(66)75-77-72-65-45-53-18-8-7-17-52(53)44-54(65)39-43-69(72)78(70)75/h1-46H. The van der Waals surface area contributed by atoms with Crippen LogP contribution in [0, 0.1) is 0 Å². The Bertz CT molecular complexity index is 5130. The molecule has 0 fully saturated rings. The molecule has 0 amide bonds. The Morgan fingerprint density at radius 3 is 1.56 bits per heavy atom. The van der Waals surface area contributed by atoms with Gasteiger partial charge in [0, 0.05) is 20.9 Å². The van der Waals surface area contributed by atoms with E-state index in [-0.39, 0.29) is 0 Å². The van der Waals surface area contributed by atoms with Crippen molar-refractivity contribution in [2.45, 2.75) is 5.41 Å². The molecule has 0 bridgehead atoms. The minimum absolute atomic E-state index is 0.442. The van der Waals surface area contributed by atoms with Crippen molar-refractivity contribution in [3.05, 3.63) is 301 Å². The summed E-state index contributed by atoms with van der Waals surface area (Å²) in [6, 6.07) is 104. The summed E-state index contributed by atoms with van der Waals surface area (Å²) in [5.41, 5.74) is 20.0. The lowest BCUT2D eigenvalue weighted by Gasteiger charge is -2.34. The van der Waals surface area contributed by atoms with E-state index in [1.54, 1.807) is 0 Å². The van der Waals surface area contributed by atoms with Gasteiger partial charge in [0.05, 0.1) is 26.8 Å². The van der Waals surface area contributed by atoms with Crippen molar-refractivity contribution in [3.8, 4) is 55.8 Å². The Morgan fingerprint density at radius 1 is 0.316 bits per heavy atom. The van der Waals surface area contributed by atoms with E-state index >= 15 is 0 Å². The zero-order valence-corrected chi connectivity index (χ0v) is 43.7. The number of rotatable bonds is 6. The first kappa shape index (κ1) is 44.2. The molecular formula is C76H46N2S. The SMILES string of the molecule is c1ccc(C2(c3ccccc3)c3ccccc3-c3c(-c4ccc(-c5ccc(-c6ccc(-c7cc8c9ccc%10ccccc%10c9sc8c8nc9c%10cc%11ccccc%11cc%10ccc9n78)cc6)c6ccccc56)cc4)cccc32)cc1. The molecule has 13 aromatic carbocycles. The van der Waals surface area contributed by atoms with Crippen molar-refractivity contribution in [2.24, 2.45) is 0 Å². The molecule has 0 spiro atoms. The maximum Gasteiger partial charge on any atom is 0.156 e. The molecular weight excluding hydrogens is 973 g/mol. The molecule has 0 radical (unpaired) electrons. The van der Waals surface area contributed by atoms with Crippen molar-refractivity contribution >= 4 is 91.3 Å². The molecule has 366 valence electrons. The molecule has 79 heavy (non-hydrogen) atoms. The third kappa shape index (κ3) is 6.42. The van der Waals surface area contributed by atoms with E-state index in [0.29, 0.717) is 0 Å². The summed E-state index contributed by atoms with van der Waals surface area (Å²) in [6.45, 7) is 0. The largest absolute Gasteiger partial charge is 0.291 e. The number of imidazole rings is 1. The van der Waals surface area contributed by atoms with Crippen LogP contribution >= 0.6 is 11.3 Å². The Kier molecular flexibility index (Phi) is 9.54. The highest BCUT2D eigenvalue weighted by molar-refractivity contribution is 7.27. The van der Waals surface area contributed by atoms with Crippen molar-refractivity contribution in [2.75, 3.05) is 0 Å². The van der Waals surface area contributed by atoms with Gasteiger partial charge in [-0.25, -0.2) is 4.98 Å². The predicted molar refractivity (Wildman–Crippen MR) is 335 cm³/mol. The smallest absolute Gasteiger partial charge is 0.156 e. The third-order valence-electron chi connectivity index (χ3n) is 17.3. The molecule has 16 aromatic rings. The number of benzene rings is 13. The van der Waals surface area contributed by atoms with Crippen molar-refractivity contribution in [1.29, 1.82) is 0 Å². The lowest BCUT2D eigenvalue weighted by Crippen LogP contribution is -2.28. The fourth-order valence-corrected chi connectivity index (χ4v) is 15.0. The van der Waals surface area contributed by atoms with E-state index < -0.39 is 5.41 Å². The topological polar surface area (TPSA) is 17.3 Å². The second-order valence-corrected chi connectivity index (χ2v) is 22.3. The van der Waals surface area contributed by atoms with Gasteiger partial charge in [0.1, 0.15) is 0 Å². The lowest BCUT2D eigenvalue weighted by atomic mass is 9.67. The van der Waals surface area contributed by atoms with Gasteiger partial charge in [-0.3, -0.25) is 4.40 Å². The summed E-state index contributed by atoms with van der Waals surface area (Å²) in [4.78, 5) is 5.61. The van der Waals surface area contributed by atoms with Crippen LogP contribution in [0.5, 0.6) is 0 Å². The molecule has 0 saturated carbocycles. The van der Waals surface area contributed by atoms with Crippen LogP contribution in [0.15, 0.2) is 279 Å². The molecule has 0 N–H and O–H groups in total. The molecule has 2 nitrogen and oxygen atoms in total. The van der Waals surface area contributed by atoms with Gasteiger partial charge in [0.15, 0.2) is 5.65 Å². The van der Waals surface area contributed by atoms with E-state index in [0.717, 1.165) is 27.9 Å². The first-order valence-electron chi connectivity index (χ1n) is 27.3. The molecule has 3 heterocycles. The van der Waals surface area contributed by atoms with Gasteiger partial charge in [0.25, 0.3) is 0 Å². The Labute approximate surface area is 460 Å². The second kappa shape index (κ2) is 17.0. The summed E-state index contributed by atoms with van der Waals surface area (Å²) >= 11 is 1.86.